The Bertz CT molecular complexity index is 659. The second-order valence-electron chi connectivity index (χ2n) is 4.61. The summed E-state index contributed by atoms with van der Waals surface area (Å²) >= 11 is 0. The van der Waals surface area contributed by atoms with Crippen molar-refractivity contribution in [3.8, 4) is 5.75 Å². The van der Waals surface area contributed by atoms with E-state index >= 15 is 0 Å². The average molecular weight is 272 g/mol. The van der Waals surface area contributed by atoms with Gasteiger partial charge in [-0.2, -0.15) is 4.98 Å². The van der Waals surface area contributed by atoms with Crippen molar-refractivity contribution in [2.45, 2.75) is 27.4 Å². The predicted octanol–water partition coefficient (Wildman–Crippen LogP) is 3.02. The van der Waals surface area contributed by atoms with Crippen LogP contribution in [0.15, 0.2) is 34.9 Å². The molecule has 20 heavy (non-hydrogen) atoms. The summed E-state index contributed by atoms with van der Waals surface area (Å²) in [7, 11) is 0. The zero-order valence-electron chi connectivity index (χ0n) is 11.8. The highest BCUT2D eigenvalue weighted by atomic mass is 16.5. The Morgan fingerprint density at radius 3 is 2.70 bits per heavy atom. The van der Waals surface area contributed by atoms with Crippen molar-refractivity contribution in [1.29, 1.82) is 0 Å². The van der Waals surface area contributed by atoms with Crippen LogP contribution in [0.3, 0.4) is 0 Å². The van der Waals surface area contributed by atoms with Gasteiger partial charge in [0.2, 0.25) is 0 Å². The number of aryl methyl sites for hydroxylation is 2. The molecule has 0 N–H and O–H groups in total. The molecule has 2 aromatic rings. The number of hydrogen-bond donors (Lipinski definition) is 0. The predicted molar refractivity (Wildman–Crippen MR) is 73.7 cm³/mol. The Balaban J connectivity index is 2.09. The van der Waals surface area contributed by atoms with Crippen LogP contribution in [0.5, 0.6) is 5.75 Å². The van der Waals surface area contributed by atoms with Gasteiger partial charge in [0.25, 0.3) is 5.89 Å². The number of ether oxygens (including phenoxy) is 1. The van der Waals surface area contributed by atoms with Gasteiger partial charge in [-0.3, -0.25) is 4.79 Å². The number of rotatable bonds is 5. The largest absolute Gasteiger partial charge is 0.484 e. The van der Waals surface area contributed by atoms with Crippen LogP contribution < -0.4 is 4.74 Å². The summed E-state index contributed by atoms with van der Waals surface area (Å²) in [5, 5.41) is 3.68. The van der Waals surface area contributed by atoms with Crippen LogP contribution in [0, 0.1) is 13.8 Å². The Kier molecular flexibility index (Phi) is 3.98. The number of benzene rings is 1. The van der Waals surface area contributed by atoms with Crippen LogP contribution in [0.25, 0.3) is 0 Å². The molecule has 1 heterocycles. The summed E-state index contributed by atoms with van der Waals surface area (Å²) in [5.41, 5.74) is 2.00. The van der Waals surface area contributed by atoms with Crippen molar-refractivity contribution in [2.75, 3.05) is 0 Å². The molecule has 0 saturated carbocycles. The zero-order chi connectivity index (χ0) is 14.7. The van der Waals surface area contributed by atoms with Crippen molar-refractivity contribution in [1.82, 2.24) is 10.1 Å². The van der Waals surface area contributed by atoms with E-state index in [0.29, 0.717) is 28.6 Å². The van der Waals surface area contributed by atoms with Gasteiger partial charge in [-0.05, 0) is 50.1 Å². The molecule has 0 atom stereocenters. The average Bonchev–Trinajstić information content (AvgIpc) is 2.81. The van der Waals surface area contributed by atoms with Gasteiger partial charge in [0.05, 0.1) is 0 Å². The van der Waals surface area contributed by atoms with Gasteiger partial charge >= 0.3 is 0 Å². The molecule has 0 aliphatic heterocycles. The van der Waals surface area contributed by atoms with Gasteiger partial charge in [0, 0.05) is 5.56 Å². The van der Waals surface area contributed by atoms with Crippen molar-refractivity contribution < 1.29 is 14.1 Å². The van der Waals surface area contributed by atoms with E-state index in [0.717, 1.165) is 5.56 Å². The highest BCUT2D eigenvalue weighted by molar-refractivity contribution is 6.08. The number of carbonyl (C=O) groups is 1. The normalized spacial score (nSPS) is 10.3. The molecule has 0 unspecified atom stereocenters. The Labute approximate surface area is 117 Å². The molecule has 5 nitrogen and oxygen atoms in total. The fourth-order valence-corrected chi connectivity index (χ4v) is 1.75. The van der Waals surface area contributed by atoms with E-state index in [9.17, 15) is 4.79 Å². The molecular formula is C15H16N2O3. The summed E-state index contributed by atoms with van der Waals surface area (Å²) in [6.07, 6.45) is 0. The van der Waals surface area contributed by atoms with E-state index in [1.54, 1.807) is 32.0 Å². The van der Waals surface area contributed by atoms with Gasteiger partial charge in [-0.15, -0.1) is 0 Å². The molecule has 0 aliphatic carbocycles. The summed E-state index contributed by atoms with van der Waals surface area (Å²) in [4.78, 5) is 15.9. The molecule has 0 amide bonds. The highest BCUT2D eigenvalue weighted by Crippen LogP contribution is 2.20. The van der Waals surface area contributed by atoms with Crippen molar-refractivity contribution in [3.05, 3.63) is 53.2 Å². The molecule has 0 saturated heterocycles. The maximum Gasteiger partial charge on any atom is 0.264 e. The van der Waals surface area contributed by atoms with E-state index in [1.807, 2.05) is 6.92 Å². The Morgan fingerprint density at radius 2 is 2.15 bits per heavy atom. The summed E-state index contributed by atoms with van der Waals surface area (Å²) < 4.78 is 10.5. The number of hydrogen-bond acceptors (Lipinski definition) is 5. The minimum Gasteiger partial charge on any atom is -0.484 e. The first-order chi connectivity index (χ1) is 9.47. The van der Waals surface area contributed by atoms with Crippen molar-refractivity contribution in [2.24, 2.45) is 0 Å². The van der Waals surface area contributed by atoms with Crippen LogP contribution in [0.4, 0.5) is 0 Å². The lowest BCUT2D eigenvalue weighted by atomic mass is 10.0. The van der Waals surface area contributed by atoms with E-state index in [2.05, 4.69) is 16.7 Å². The van der Waals surface area contributed by atoms with Crippen LogP contribution in [-0.4, -0.2) is 15.9 Å². The molecule has 104 valence electrons. The number of allylic oxidation sites excluding steroid dienone is 1. The standard InChI is InChI=1S/C15H16N2O3/c1-9(2)15(18)13-6-5-12(7-10(13)3)19-8-14-16-11(4)17-20-14/h5-7H,1,8H2,2-4H3. The third-order valence-corrected chi connectivity index (χ3v) is 2.76. The van der Waals surface area contributed by atoms with Gasteiger partial charge in [-0.25, -0.2) is 0 Å². The van der Waals surface area contributed by atoms with E-state index < -0.39 is 0 Å². The quantitative estimate of drug-likeness (QED) is 0.618. The first-order valence-corrected chi connectivity index (χ1v) is 6.20. The third kappa shape index (κ3) is 3.12. The molecule has 1 aromatic carbocycles. The molecule has 0 spiro atoms. The SMILES string of the molecule is C=C(C)C(=O)c1ccc(OCc2nc(C)no2)cc1C. The Hall–Kier alpha value is -2.43. The summed E-state index contributed by atoms with van der Waals surface area (Å²) in [6, 6.07) is 5.28. The Morgan fingerprint density at radius 1 is 1.40 bits per heavy atom. The van der Waals surface area contributed by atoms with Gasteiger partial charge in [0.1, 0.15) is 5.75 Å². The fraction of sp³-hybridized carbons (Fsp3) is 0.267. The lowest BCUT2D eigenvalue weighted by Crippen LogP contribution is -2.03. The molecule has 1 aromatic heterocycles. The monoisotopic (exact) mass is 272 g/mol. The molecule has 0 radical (unpaired) electrons. The first-order valence-electron chi connectivity index (χ1n) is 6.20. The van der Waals surface area contributed by atoms with E-state index in [1.165, 1.54) is 0 Å². The fourth-order valence-electron chi connectivity index (χ4n) is 1.75. The number of carbonyl (C=O) groups excluding carboxylic acids is 1. The van der Waals surface area contributed by atoms with Crippen LogP contribution >= 0.6 is 0 Å². The topological polar surface area (TPSA) is 65.2 Å². The smallest absolute Gasteiger partial charge is 0.264 e. The van der Waals surface area contributed by atoms with E-state index in [-0.39, 0.29) is 12.4 Å². The number of ketones is 1. The molecule has 0 bridgehead atoms. The van der Waals surface area contributed by atoms with Crippen LogP contribution in [0.1, 0.15) is 34.6 Å². The number of aromatic nitrogens is 2. The molecule has 2 rings (SSSR count). The third-order valence-electron chi connectivity index (χ3n) is 2.76. The zero-order valence-corrected chi connectivity index (χ0v) is 11.8. The first kappa shape index (κ1) is 14.0. The van der Waals surface area contributed by atoms with Crippen molar-refractivity contribution >= 4 is 5.78 Å². The van der Waals surface area contributed by atoms with Gasteiger partial charge in [-0.1, -0.05) is 11.7 Å². The second-order valence-corrected chi connectivity index (χ2v) is 4.61. The van der Waals surface area contributed by atoms with Gasteiger partial charge in [0.15, 0.2) is 18.2 Å². The molecule has 0 aliphatic rings. The second kappa shape index (κ2) is 5.69. The van der Waals surface area contributed by atoms with Gasteiger partial charge < -0.3 is 9.26 Å². The maximum absolute atomic E-state index is 11.9. The summed E-state index contributed by atoms with van der Waals surface area (Å²) in [6.45, 7) is 9.17. The lowest BCUT2D eigenvalue weighted by molar-refractivity contribution is 0.103. The molecular weight excluding hydrogens is 256 g/mol. The summed E-state index contributed by atoms with van der Waals surface area (Å²) in [5.74, 6) is 1.59. The highest BCUT2D eigenvalue weighted by Gasteiger charge is 2.11. The molecule has 5 heteroatoms. The van der Waals surface area contributed by atoms with Crippen molar-refractivity contribution in [3.63, 3.8) is 0 Å². The minimum atomic E-state index is -0.0541. The molecule has 0 fully saturated rings. The van der Waals surface area contributed by atoms with E-state index in [4.69, 9.17) is 9.26 Å². The maximum atomic E-state index is 11.9. The van der Waals surface area contributed by atoms with Crippen LogP contribution in [-0.2, 0) is 6.61 Å². The minimum absolute atomic E-state index is 0.0541. The van der Waals surface area contributed by atoms with Crippen LogP contribution in [0.2, 0.25) is 0 Å². The number of nitrogens with zero attached hydrogens (tertiary/aromatic N) is 2. The number of Topliss-reactive ketones (excluding diaryl/α,β-unsaturated/α-hetero) is 1. The lowest BCUT2D eigenvalue weighted by Gasteiger charge is -2.08.